The van der Waals surface area contributed by atoms with Gasteiger partial charge in [0.25, 0.3) is 11.8 Å². The Bertz CT molecular complexity index is 1260. The zero-order chi connectivity index (χ0) is 19.4. The molecule has 6 nitrogen and oxygen atoms in total. The maximum Gasteiger partial charge on any atom is 0.267 e. The number of H-pyrrole nitrogens is 1. The van der Waals surface area contributed by atoms with Crippen LogP contribution in [-0.4, -0.2) is 27.0 Å². The van der Waals surface area contributed by atoms with E-state index in [1.54, 1.807) is 36.4 Å². The molecule has 5 rings (SSSR count). The molecule has 0 saturated carbocycles. The summed E-state index contributed by atoms with van der Waals surface area (Å²) < 4.78 is 0. The van der Waals surface area contributed by atoms with Crippen molar-refractivity contribution < 1.29 is 9.59 Å². The van der Waals surface area contributed by atoms with Crippen LogP contribution in [0.15, 0.2) is 54.7 Å². The van der Waals surface area contributed by atoms with E-state index >= 15 is 0 Å². The first-order valence-electron chi connectivity index (χ1n) is 8.32. The summed E-state index contributed by atoms with van der Waals surface area (Å²) >= 11 is 11.9. The van der Waals surface area contributed by atoms with Crippen LogP contribution < -0.4 is 4.90 Å². The summed E-state index contributed by atoms with van der Waals surface area (Å²) in [4.78, 5) is 31.5. The fourth-order valence-electron chi connectivity index (χ4n) is 3.35. The topological polar surface area (TPSA) is 79.0 Å². The van der Waals surface area contributed by atoms with Gasteiger partial charge in [-0.25, -0.2) is 9.88 Å². The van der Waals surface area contributed by atoms with E-state index in [1.165, 1.54) is 6.20 Å². The first-order chi connectivity index (χ1) is 13.5. The van der Waals surface area contributed by atoms with Gasteiger partial charge in [-0.15, -0.1) is 0 Å². The number of rotatable bonds is 2. The Morgan fingerprint density at radius 2 is 1.50 bits per heavy atom. The molecule has 0 spiro atoms. The second kappa shape index (κ2) is 6.15. The van der Waals surface area contributed by atoms with Crippen molar-refractivity contribution in [3.63, 3.8) is 0 Å². The van der Waals surface area contributed by atoms with Crippen LogP contribution in [0, 0.1) is 0 Å². The number of hydrogen-bond donors (Lipinski definition) is 1. The second-order valence-corrected chi connectivity index (χ2v) is 7.15. The maximum absolute atomic E-state index is 13.2. The van der Waals surface area contributed by atoms with Crippen LogP contribution in [0.25, 0.3) is 22.3 Å². The fraction of sp³-hybridized carbons (Fsp3) is 0. The van der Waals surface area contributed by atoms with E-state index in [9.17, 15) is 9.59 Å². The molecule has 4 aromatic rings. The van der Waals surface area contributed by atoms with E-state index in [0.29, 0.717) is 32.5 Å². The van der Waals surface area contributed by atoms with Crippen molar-refractivity contribution in [1.82, 2.24) is 15.2 Å². The second-order valence-electron chi connectivity index (χ2n) is 6.27. The van der Waals surface area contributed by atoms with Gasteiger partial charge in [-0.3, -0.25) is 14.7 Å². The molecule has 0 saturated heterocycles. The van der Waals surface area contributed by atoms with Gasteiger partial charge in [-0.2, -0.15) is 5.10 Å². The van der Waals surface area contributed by atoms with E-state index in [1.807, 2.05) is 12.1 Å². The molecule has 2 aromatic carbocycles. The summed E-state index contributed by atoms with van der Waals surface area (Å²) in [6, 6.07) is 13.6. The van der Waals surface area contributed by atoms with Crippen molar-refractivity contribution in [3.05, 3.63) is 75.9 Å². The van der Waals surface area contributed by atoms with E-state index in [2.05, 4.69) is 15.2 Å². The van der Waals surface area contributed by atoms with Gasteiger partial charge in [0.1, 0.15) is 0 Å². The summed E-state index contributed by atoms with van der Waals surface area (Å²) in [7, 11) is 0. The summed E-state index contributed by atoms with van der Waals surface area (Å²) in [5.74, 6) is -0.855. The molecule has 0 radical (unpaired) electrons. The molecule has 136 valence electrons. The Labute approximate surface area is 168 Å². The van der Waals surface area contributed by atoms with E-state index in [0.717, 1.165) is 10.5 Å². The van der Waals surface area contributed by atoms with Crippen LogP contribution in [-0.2, 0) is 0 Å². The molecule has 0 atom stereocenters. The minimum atomic E-state index is -0.431. The molecule has 3 heterocycles. The molecule has 2 aromatic heterocycles. The van der Waals surface area contributed by atoms with Crippen molar-refractivity contribution in [2.75, 3.05) is 4.90 Å². The molecule has 1 aliphatic rings. The lowest BCUT2D eigenvalue weighted by Crippen LogP contribution is -2.29. The first-order valence-corrected chi connectivity index (χ1v) is 9.07. The third kappa shape index (κ3) is 2.42. The lowest BCUT2D eigenvalue weighted by Gasteiger charge is -2.13. The third-order valence-corrected chi connectivity index (χ3v) is 5.15. The van der Waals surface area contributed by atoms with Crippen molar-refractivity contribution in [3.8, 4) is 11.3 Å². The molecular weight excluding hydrogens is 399 g/mol. The number of hydrogen-bond acceptors (Lipinski definition) is 4. The van der Waals surface area contributed by atoms with Crippen LogP contribution in [0.5, 0.6) is 0 Å². The number of aromatic nitrogens is 3. The predicted molar refractivity (Wildman–Crippen MR) is 107 cm³/mol. The SMILES string of the molecule is O=C1c2cnc3n[nH]c(-c4ccc(Cl)cc4)c3c2C(=O)N1c1ccc(Cl)cc1. The van der Waals surface area contributed by atoms with Crippen molar-refractivity contribution in [2.24, 2.45) is 0 Å². The number of amides is 2. The Balaban J connectivity index is 1.72. The Morgan fingerprint density at radius 1 is 0.857 bits per heavy atom. The molecule has 1 N–H and O–H groups in total. The smallest absolute Gasteiger partial charge is 0.267 e. The Kier molecular flexibility index (Phi) is 3.72. The number of aromatic amines is 1. The molecule has 0 unspecified atom stereocenters. The van der Waals surface area contributed by atoms with Gasteiger partial charge in [0.15, 0.2) is 5.65 Å². The summed E-state index contributed by atoms with van der Waals surface area (Å²) in [6.07, 6.45) is 1.39. The number of fused-ring (bicyclic) bond motifs is 3. The number of nitrogens with zero attached hydrogens (tertiary/aromatic N) is 3. The van der Waals surface area contributed by atoms with Crippen LogP contribution in [0.1, 0.15) is 20.7 Å². The standard InChI is InChI=1S/C20H10Cl2N4O2/c21-11-3-1-10(2-4-11)17-16-15-14(9-23-18(16)25-24-17)19(27)26(20(15)28)13-7-5-12(22)6-8-13/h1-9H,(H,23,24,25). The summed E-state index contributed by atoms with van der Waals surface area (Å²) in [6.45, 7) is 0. The minimum Gasteiger partial charge on any atom is -0.275 e. The van der Waals surface area contributed by atoms with E-state index in [4.69, 9.17) is 23.2 Å². The van der Waals surface area contributed by atoms with Crippen molar-refractivity contribution in [2.45, 2.75) is 0 Å². The molecule has 2 amide bonds. The Morgan fingerprint density at radius 3 is 2.18 bits per heavy atom. The first kappa shape index (κ1) is 16.9. The number of imide groups is 1. The highest BCUT2D eigenvalue weighted by atomic mass is 35.5. The zero-order valence-electron chi connectivity index (χ0n) is 14.1. The lowest BCUT2D eigenvalue weighted by molar-refractivity contribution is 0.0926. The number of nitrogens with one attached hydrogen (secondary N) is 1. The molecule has 8 heteroatoms. The number of halogens is 2. The highest BCUT2D eigenvalue weighted by Crippen LogP contribution is 2.36. The maximum atomic E-state index is 13.2. The van der Waals surface area contributed by atoms with Crippen LogP contribution in [0.2, 0.25) is 10.0 Å². The zero-order valence-corrected chi connectivity index (χ0v) is 15.6. The van der Waals surface area contributed by atoms with Crippen molar-refractivity contribution >= 4 is 51.7 Å². The number of anilines is 1. The average Bonchev–Trinajstić information content (AvgIpc) is 3.23. The predicted octanol–water partition coefficient (Wildman–Crippen LogP) is 4.73. The van der Waals surface area contributed by atoms with Gasteiger partial charge in [-0.1, -0.05) is 35.3 Å². The summed E-state index contributed by atoms with van der Waals surface area (Å²) in [5.41, 5.74) is 2.72. The molecular formula is C20H10Cl2N4O2. The monoisotopic (exact) mass is 408 g/mol. The van der Waals surface area contributed by atoms with Gasteiger partial charge in [-0.05, 0) is 36.4 Å². The highest BCUT2D eigenvalue weighted by Gasteiger charge is 2.39. The van der Waals surface area contributed by atoms with Crippen LogP contribution in [0.4, 0.5) is 5.69 Å². The normalized spacial score (nSPS) is 13.4. The van der Waals surface area contributed by atoms with Crippen LogP contribution >= 0.6 is 23.2 Å². The van der Waals surface area contributed by atoms with E-state index in [-0.39, 0.29) is 11.1 Å². The number of pyridine rings is 1. The van der Waals surface area contributed by atoms with Gasteiger partial charge in [0.05, 0.1) is 27.9 Å². The number of benzene rings is 2. The molecule has 0 aliphatic carbocycles. The number of carbonyl (C=O) groups excluding carboxylic acids is 2. The number of carbonyl (C=O) groups is 2. The lowest BCUT2D eigenvalue weighted by atomic mass is 10.0. The van der Waals surface area contributed by atoms with Crippen LogP contribution in [0.3, 0.4) is 0 Å². The minimum absolute atomic E-state index is 0.240. The molecule has 0 bridgehead atoms. The van der Waals surface area contributed by atoms with Gasteiger partial charge < -0.3 is 0 Å². The molecule has 1 aliphatic heterocycles. The third-order valence-electron chi connectivity index (χ3n) is 4.65. The average molecular weight is 409 g/mol. The summed E-state index contributed by atoms with van der Waals surface area (Å²) in [5, 5.41) is 8.74. The fourth-order valence-corrected chi connectivity index (χ4v) is 3.60. The largest absolute Gasteiger partial charge is 0.275 e. The quantitative estimate of drug-likeness (QED) is 0.486. The van der Waals surface area contributed by atoms with Gasteiger partial charge >= 0.3 is 0 Å². The molecule has 0 fully saturated rings. The van der Waals surface area contributed by atoms with E-state index < -0.39 is 11.8 Å². The van der Waals surface area contributed by atoms with Crippen molar-refractivity contribution in [1.29, 1.82) is 0 Å². The Hall–Kier alpha value is -3.22. The van der Waals surface area contributed by atoms with Gasteiger partial charge in [0.2, 0.25) is 0 Å². The highest BCUT2D eigenvalue weighted by molar-refractivity contribution is 6.38. The molecule has 28 heavy (non-hydrogen) atoms. The van der Waals surface area contributed by atoms with Gasteiger partial charge in [0, 0.05) is 21.8 Å².